The van der Waals surface area contributed by atoms with Crippen LogP contribution in [0, 0.1) is 5.41 Å². The van der Waals surface area contributed by atoms with E-state index in [2.05, 4.69) is 11.6 Å². The Morgan fingerprint density at radius 1 is 1.33 bits per heavy atom. The summed E-state index contributed by atoms with van der Waals surface area (Å²) in [5.41, 5.74) is -0.375. The van der Waals surface area contributed by atoms with E-state index in [0.29, 0.717) is 13.1 Å². The molecular formula is C15H28N2O3S. The minimum atomic E-state index is -0.908. The largest absolute Gasteiger partial charge is 0.480 e. The van der Waals surface area contributed by atoms with Gasteiger partial charge in [0.05, 0.1) is 0 Å². The topological polar surface area (TPSA) is 69.6 Å². The number of nitrogens with one attached hydrogen (secondary N) is 1. The Morgan fingerprint density at radius 2 is 2.05 bits per heavy atom. The number of likely N-dealkylation sites (tertiary alicyclic amines) is 1. The van der Waals surface area contributed by atoms with Crippen molar-refractivity contribution in [2.75, 3.05) is 25.1 Å². The molecule has 0 saturated carbocycles. The van der Waals surface area contributed by atoms with E-state index in [1.165, 1.54) is 4.90 Å². The number of carbonyl (C=O) groups is 2. The predicted octanol–water partition coefficient (Wildman–Crippen LogP) is 2.80. The first-order valence-corrected chi connectivity index (χ1v) is 9.06. The van der Waals surface area contributed by atoms with Crippen LogP contribution in [0.5, 0.6) is 0 Å². The molecule has 1 saturated heterocycles. The normalized spacial score (nSPS) is 21.1. The van der Waals surface area contributed by atoms with Gasteiger partial charge in [0.1, 0.15) is 6.04 Å². The minimum absolute atomic E-state index is 0.236. The third-order valence-corrected chi connectivity index (χ3v) is 4.77. The predicted molar refractivity (Wildman–Crippen MR) is 86.8 cm³/mol. The Hall–Kier alpha value is -0.910. The van der Waals surface area contributed by atoms with Gasteiger partial charge in [-0.25, -0.2) is 9.59 Å². The number of carbonyl (C=O) groups excluding carboxylic acids is 1. The third kappa shape index (κ3) is 5.41. The molecule has 0 aromatic heterocycles. The lowest BCUT2D eigenvalue weighted by Crippen LogP contribution is -2.58. The number of amides is 2. The Kier molecular flexibility index (Phi) is 7.35. The number of hydrogen-bond donors (Lipinski definition) is 2. The Balaban J connectivity index is 2.46. The fraction of sp³-hybridized carbons (Fsp3) is 0.867. The van der Waals surface area contributed by atoms with Gasteiger partial charge in [0.2, 0.25) is 0 Å². The molecule has 1 aliphatic rings. The van der Waals surface area contributed by atoms with Crippen LogP contribution < -0.4 is 5.32 Å². The second-order valence-corrected chi connectivity index (χ2v) is 7.30. The van der Waals surface area contributed by atoms with Crippen LogP contribution in [0.1, 0.15) is 46.0 Å². The van der Waals surface area contributed by atoms with Crippen molar-refractivity contribution in [3.63, 3.8) is 0 Å². The summed E-state index contributed by atoms with van der Waals surface area (Å²) in [6, 6.07) is -0.970. The van der Waals surface area contributed by atoms with Gasteiger partial charge in [0.25, 0.3) is 0 Å². The van der Waals surface area contributed by atoms with Gasteiger partial charge in [-0.05, 0) is 43.1 Å². The molecule has 21 heavy (non-hydrogen) atoms. The molecule has 0 aromatic carbocycles. The van der Waals surface area contributed by atoms with Gasteiger partial charge in [0, 0.05) is 13.1 Å². The van der Waals surface area contributed by atoms with E-state index in [9.17, 15) is 14.7 Å². The van der Waals surface area contributed by atoms with E-state index >= 15 is 0 Å². The highest BCUT2D eigenvalue weighted by molar-refractivity contribution is 7.98. The molecule has 1 aliphatic heterocycles. The zero-order chi connectivity index (χ0) is 15.9. The van der Waals surface area contributed by atoms with Crippen molar-refractivity contribution >= 4 is 23.8 Å². The van der Waals surface area contributed by atoms with Crippen LogP contribution in [0.15, 0.2) is 0 Å². The number of thioether (sulfide) groups is 1. The number of aliphatic carboxylic acids is 1. The lowest BCUT2D eigenvalue weighted by Gasteiger charge is -2.43. The molecule has 6 heteroatoms. The van der Waals surface area contributed by atoms with Crippen LogP contribution in [0.2, 0.25) is 0 Å². The summed E-state index contributed by atoms with van der Waals surface area (Å²) in [7, 11) is 0. The fourth-order valence-corrected chi connectivity index (χ4v) is 3.42. The fourth-order valence-electron chi connectivity index (χ4n) is 2.92. The van der Waals surface area contributed by atoms with Gasteiger partial charge in [-0.3, -0.25) is 0 Å². The summed E-state index contributed by atoms with van der Waals surface area (Å²) < 4.78 is 0. The number of urea groups is 1. The monoisotopic (exact) mass is 316 g/mol. The molecule has 122 valence electrons. The number of unbranched alkanes of at least 4 members (excludes halogenated alkanes) is 2. The summed E-state index contributed by atoms with van der Waals surface area (Å²) in [5, 5.41) is 12.3. The van der Waals surface area contributed by atoms with Crippen LogP contribution in [-0.4, -0.2) is 53.1 Å². The molecule has 0 spiro atoms. The molecule has 2 amide bonds. The number of piperidine rings is 1. The zero-order valence-corrected chi connectivity index (χ0v) is 14.2. The zero-order valence-electron chi connectivity index (χ0n) is 13.4. The third-order valence-electron chi connectivity index (χ3n) is 4.07. The molecule has 0 aromatic rings. The van der Waals surface area contributed by atoms with Gasteiger partial charge in [0.15, 0.2) is 0 Å². The molecule has 1 unspecified atom stereocenters. The molecular weight excluding hydrogens is 288 g/mol. The van der Waals surface area contributed by atoms with Gasteiger partial charge in [-0.2, -0.15) is 11.8 Å². The van der Waals surface area contributed by atoms with Gasteiger partial charge < -0.3 is 15.3 Å². The first-order valence-electron chi connectivity index (χ1n) is 7.66. The minimum Gasteiger partial charge on any atom is -0.480 e. The average molecular weight is 316 g/mol. The summed E-state index contributed by atoms with van der Waals surface area (Å²) >= 11 is 1.83. The molecule has 1 heterocycles. The maximum atomic E-state index is 12.2. The highest BCUT2D eigenvalue weighted by atomic mass is 32.2. The Labute approximate surface area is 131 Å². The van der Waals surface area contributed by atoms with Crippen molar-refractivity contribution in [3.05, 3.63) is 0 Å². The lowest BCUT2D eigenvalue weighted by molar-refractivity contribution is -0.148. The van der Waals surface area contributed by atoms with Gasteiger partial charge in [-0.1, -0.05) is 20.3 Å². The molecule has 0 radical (unpaired) electrons. The quantitative estimate of drug-likeness (QED) is 0.709. The molecule has 0 aliphatic carbocycles. The average Bonchev–Trinajstić information content (AvgIpc) is 2.40. The van der Waals surface area contributed by atoms with Crippen LogP contribution in [0.3, 0.4) is 0 Å². The maximum Gasteiger partial charge on any atom is 0.327 e. The second-order valence-electron chi connectivity index (χ2n) is 6.31. The van der Waals surface area contributed by atoms with Crippen molar-refractivity contribution in [1.82, 2.24) is 10.2 Å². The van der Waals surface area contributed by atoms with Crippen molar-refractivity contribution in [2.24, 2.45) is 5.41 Å². The van der Waals surface area contributed by atoms with E-state index in [0.717, 1.165) is 37.9 Å². The summed E-state index contributed by atoms with van der Waals surface area (Å²) in [5.74, 6) is 0.241. The van der Waals surface area contributed by atoms with E-state index in [1.54, 1.807) is 0 Å². The Bertz CT molecular complexity index is 361. The van der Waals surface area contributed by atoms with Crippen molar-refractivity contribution < 1.29 is 14.7 Å². The summed E-state index contributed by atoms with van der Waals surface area (Å²) in [4.78, 5) is 25.2. The molecule has 1 fully saturated rings. The summed E-state index contributed by atoms with van der Waals surface area (Å²) in [6.07, 6.45) is 6.98. The van der Waals surface area contributed by atoms with Crippen LogP contribution in [-0.2, 0) is 4.79 Å². The Morgan fingerprint density at radius 3 is 2.67 bits per heavy atom. The number of carboxylic acids is 1. The second kappa shape index (κ2) is 8.51. The molecule has 5 nitrogen and oxygen atoms in total. The first kappa shape index (κ1) is 18.1. The van der Waals surface area contributed by atoms with Gasteiger partial charge >= 0.3 is 12.0 Å². The van der Waals surface area contributed by atoms with Crippen molar-refractivity contribution in [1.29, 1.82) is 0 Å². The highest BCUT2D eigenvalue weighted by Gasteiger charge is 2.44. The van der Waals surface area contributed by atoms with E-state index in [4.69, 9.17) is 0 Å². The number of hydrogen-bond acceptors (Lipinski definition) is 3. The number of rotatable bonds is 7. The first-order chi connectivity index (χ1) is 9.90. The molecule has 0 bridgehead atoms. The maximum absolute atomic E-state index is 12.2. The molecule has 1 atom stereocenters. The van der Waals surface area contributed by atoms with E-state index in [1.807, 2.05) is 25.6 Å². The van der Waals surface area contributed by atoms with E-state index < -0.39 is 12.0 Å². The van der Waals surface area contributed by atoms with Gasteiger partial charge in [-0.15, -0.1) is 0 Å². The lowest BCUT2D eigenvalue weighted by atomic mass is 9.76. The summed E-state index contributed by atoms with van der Waals surface area (Å²) in [6.45, 7) is 5.00. The molecule has 1 rings (SSSR count). The number of nitrogens with zero attached hydrogens (tertiary/aromatic N) is 1. The van der Waals surface area contributed by atoms with Crippen LogP contribution in [0.4, 0.5) is 4.79 Å². The highest BCUT2D eigenvalue weighted by Crippen LogP contribution is 2.35. The smallest absolute Gasteiger partial charge is 0.327 e. The van der Waals surface area contributed by atoms with Crippen LogP contribution >= 0.6 is 11.8 Å². The van der Waals surface area contributed by atoms with Crippen molar-refractivity contribution in [2.45, 2.75) is 52.0 Å². The standard InChI is InChI=1S/C15H28N2O3S/c1-15(2)8-7-10-17(12(15)13(18)19)14(20)16-9-5-4-6-11-21-3/h12H,4-11H2,1-3H3,(H,16,20)(H,18,19). The van der Waals surface area contributed by atoms with E-state index in [-0.39, 0.29) is 11.4 Å². The SMILES string of the molecule is CSCCCCCNC(=O)N1CCCC(C)(C)C1C(=O)O. The van der Waals surface area contributed by atoms with Crippen LogP contribution in [0.25, 0.3) is 0 Å². The van der Waals surface area contributed by atoms with Crippen molar-refractivity contribution in [3.8, 4) is 0 Å². The number of carboxylic acid groups (broad SMARTS) is 1. The molecule has 2 N–H and O–H groups in total.